The van der Waals surface area contributed by atoms with E-state index >= 15 is 0 Å². The van der Waals surface area contributed by atoms with E-state index in [2.05, 4.69) is 0 Å². The minimum Gasteiger partial charge on any atom is -0.481 e. The van der Waals surface area contributed by atoms with Gasteiger partial charge in [-0.1, -0.05) is 0 Å². The Morgan fingerprint density at radius 3 is 2.38 bits per heavy atom. The van der Waals surface area contributed by atoms with Crippen LogP contribution in [-0.4, -0.2) is 52.5 Å². The van der Waals surface area contributed by atoms with Crippen molar-refractivity contribution in [3.05, 3.63) is 0 Å². The maximum Gasteiger partial charge on any atom is 0.401 e. The summed E-state index contributed by atoms with van der Waals surface area (Å²) in [5.74, 6) is -1.21. The lowest BCUT2D eigenvalue weighted by Crippen LogP contribution is -2.41. The van der Waals surface area contributed by atoms with Crippen LogP contribution in [0.4, 0.5) is 13.2 Å². The van der Waals surface area contributed by atoms with Gasteiger partial charge in [0.25, 0.3) is 0 Å². The van der Waals surface area contributed by atoms with E-state index < -0.39 is 31.2 Å². The first kappa shape index (κ1) is 13.2. The highest BCUT2D eigenvalue weighted by molar-refractivity contribution is 5.67. The van der Waals surface area contributed by atoms with Crippen LogP contribution >= 0.6 is 0 Å². The van der Waals surface area contributed by atoms with Gasteiger partial charge < -0.3 is 10.2 Å². The van der Waals surface area contributed by atoms with Gasteiger partial charge in [0.05, 0.1) is 19.1 Å². The van der Waals surface area contributed by atoms with E-state index in [1.54, 1.807) is 0 Å². The predicted octanol–water partition coefficient (Wildman–Crippen LogP) is 0.849. The van der Waals surface area contributed by atoms with E-state index in [4.69, 9.17) is 5.11 Å². The topological polar surface area (TPSA) is 60.8 Å². The fraction of sp³-hybridized carbons (Fsp3) is 0.889. The monoisotopic (exact) mass is 241 g/mol. The molecular formula is C9H14F3NO3. The highest BCUT2D eigenvalue weighted by atomic mass is 19.4. The van der Waals surface area contributed by atoms with Crippen molar-refractivity contribution in [2.24, 2.45) is 0 Å². The summed E-state index contributed by atoms with van der Waals surface area (Å²) in [4.78, 5) is 11.4. The fourth-order valence-corrected chi connectivity index (χ4v) is 1.55. The number of rotatable bonds is 6. The smallest absolute Gasteiger partial charge is 0.401 e. The molecule has 0 saturated heterocycles. The van der Waals surface area contributed by atoms with Crippen LogP contribution in [0, 0.1) is 0 Å². The van der Waals surface area contributed by atoms with Crippen molar-refractivity contribution < 1.29 is 28.2 Å². The van der Waals surface area contributed by atoms with Gasteiger partial charge in [-0.3, -0.25) is 9.69 Å². The molecule has 0 aliphatic heterocycles. The van der Waals surface area contributed by atoms with Gasteiger partial charge in [-0.2, -0.15) is 13.2 Å². The molecule has 0 bridgehead atoms. The van der Waals surface area contributed by atoms with E-state index in [0.29, 0.717) is 12.8 Å². The Morgan fingerprint density at radius 2 is 2.00 bits per heavy atom. The van der Waals surface area contributed by atoms with Crippen molar-refractivity contribution in [3.8, 4) is 0 Å². The fourth-order valence-electron chi connectivity index (χ4n) is 1.55. The van der Waals surface area contributed by atoms with E-state index in [1.807, 2.05) is 0 Å². The summed E-state index contributed by atoms with van der Waals surface area (Å²) in [5.41, 5.74) is 0. The van der Waals surface area contributed by atoms with Crippen LogP contribution in [0.25, 0.3) is 0 Å². The van der Waals surface area contributed by atoms with Gasteiger partial charge in [-0.15, -0.1) is 0 Å². The lowest BCUT2D eigenvalue weighted by Gasteiger charge is -2.25. The molecule has 94 valence electrons. The minimum absolute atomic E-state index is 0.162. The van der Waals surface area contributed by atoms with Gasteiger partial charge in [0.15, 0.2) is 0 Å². The number of carbonyl (C=O) groups is 1. The highest BCUT2D eigenvalue weighted by Crippen LogP contribution is 2.30. The van der Waals surface area contributed by atoms with E-state index in [1.165, 1.54) is 0 Å². The van der Waals surface area contributed by atoms with Crippen LogP contribution in [0.2, 0.25) is 0 Å². The molecule has 0 radical (unpaired) electrons. The third-order valence-corrected chi connectivity index (χ3v) is 2.30. The van der Waals surface area contributed by atoms with Crippen LogP contribution < -0.4 is 0 Å². The second-order valence-corrected chi connectivity index (χ2v) is 4.03. The normalized spacial score (nSPS) is 18.8. The molecule has 0 heterocycles. The molecule has 7 heteroatoms. The molecule has 1 unspecified atom stereocenters. The number of aliphatic carboxylic acids is 1. The Bertz CT molecular complexity index is 253. The van der Waals surface area contributed by atoms with E-state index in [-0.39, 0.29) is 12.6 Å². The van der Waals surface area contributed by atoms with Gasteiger partial charge >= 0.3 is 12.1 Å². The SMILES string of the molecule is O=C(O)CC(O)CN(CC(F)(F)F)C1CC1. The van der Waals surface area contributed by atoms with E-state index in [0.717, 1.165) is 4.90 Å². The Hall–Kier alpha value is -0.820. The Kier molecular flexibility index (Phi) is 4.15. The summed E-state index contributed by atoms with van der Waals surface area (Å²) < 4.78 is 36.5. The number of halogens is 3. The first-order valence-electron chi connectivity index (χ1n) is 4.98. The summed E-state index contributed by atoms with van der Waals surface area (Å²) in [7, 11) is 0. The third-order valence-electron chi connectivity index (χ3n) is 2.30. The standard InChI is InChI=1S/C9H14F3NO3/c10-9(11,12)5-13(6-1-2-6)4-7(14)3-8(15)16/h6-7,14H,1-5H2,(H,15,16). The number of aliphatic hydroxyl groups is 1. The summed E-state index contributed by atoms with van der Waals surface area (Å²) in [6.45, 7) is -1.33. The second-order valence-electron chi connectivity index (χ2n) is 4.03. The average molecular weight is 241 g/mol. The molecule has 1 rings (SSSR count). The number of nitrogens with zero attached hydrogens (tertiary/aromatic N) is 1. The highest BCUT2D eigenvalue weighted by Gasteiger charge is 2.38. The lowest BCUT2D eigenvalue weighted by atomic mass is 10.2. The number of aliphatic hydroxyl groups excluding tert-OH is 1. The first-order valence-corrected chi connectivity index (χ1v) is 4.98. The molecule has 0 amide bonds. The van der Waals surface area contributed by atoms with Crippen molar-refractivity contribution in [2.45, 2.75) is 37.6 Å². The molecule has 0 spiro atoms. The summed E-state index contributed by atoms with van der Waals surface area (Å²) >= 11 is 0. The van der Waals surface area contributed by atoms with Crippen LogP contribution in [0.3, 0.4) is 0 Å². The van der Waals surface area contributed by atoms with Gasteiger partial charge in [0, 0.05) is 12.6 Å². The molecule has 1 fully saturated rings. The molecular weight excluding hydrogens is 227 g/mol. The van der Waals surface area contributed by atoms with Crippen molar-refractivity contribution >= 4 is 5.97 Å². The van der Waals surface area contributed by atoms with Gasteiger partial charge in [-0.25, -0.2) is 0 Å². The second kappa shape index (κ2) is 5.01. The summed E-state index contributed by atoms with van der Waals surface area (Å²) in [6, 6.07) is -0.162. The molecule has 4 nitrogen and oxygen atoms in total. The molecule has 0 aromatic rings. The van der Waals surface area contributed by atoms with E-state index in [9.17, 15) is 23.1 Å². The Morgan fingerprint density at radius 1 is 1.44 bits per heavy atom. The quantitative estimate of drug-likeness (QED) is 0.723. The first-order chi connectivity index (χ1) is 7.28. The lowest BCUT2D eigenvalue weighted by molar-refractivity contribution is -0.151. The summed E-state index contributed by atoms with van der Waals surface area (Å²) in [6.07, 6.45) is -4.74. The summed E-state index contributed by atoms with van der Waals surface area (Å²) in [5, 5.41) is 17.7. The van der Waals surface area contributed by atoms with Crippen molar-refractivity contribution in [3.63, 3.8) is 0 Å². The Balaban J connectivity index is 2.42. The van der Waals surface area contributed by atoms with Gasteiger partial charge in [-0.05, 0) is 12.8 Å². The zero-order valence-corrected chi connectivity index (χ0v) is 8.57. The van der Waals surface area contributed by atoms with Crippen LogP contribution in [0.15, 0.2) is 0 Å². The van der Waals surface area contributed by atoms with Gasteiger partial charge in [0.1, 0.15) is 0 Å². The molecule has 16 heavy (non-hydrogen) atoms. The Labute approximate surface area is 90.7 Å². The molecule has 0 aromatic carbocycles. The van der Waals surface area contributed by atoms with Crippen LogP contribution in [0.1, 0.15) is 19.3 Å². The van der Waals surface area contributed by atoms with Crippen LogP contribution in [-0.2, 0) is 4.79 Å². The van der Waals surface area contributed by atoms with Crippen molar-refractivity contribution in [1.82, 2.24) is 4.90 Å². The molecule has 1 atom stereocenters. The maximum absolute atomic E-state index is 12.2. The molecule has 1 aliphatic carbocycles. The zero-order valence-electron chi connectivity index (χ0n) is 8.57. The van der Waals surface area contributed by atoms with Gasteiger partial charge in [0.2, 0.25) is 0 Å². The average Bonchev–Trinajstić information content (AvgIpc) is 2.79. The molecule has 1 aliphatic rings. The number of hydrogen-bond acceptors (Lipinski definition) is 3. The number of carboxylic acid groups (broad SMARTS) is 1. The minimum atomic E-state index is -4.31. The van der Waals surface area contributed by atoms with Crippen molar-refractivity contribution in [2.75, 3.05) is 13.1 Å². The molecule has 0 aromatic heterocycles. The molecule has 2 N–H and O–H groups in total. The third kappa shape index (κ3) is 5.32. The zero-order chi connectivity index (χ0) is 12.3. The van der Waals surface area contributed by atoms with Crippen molar-refractivity contribution in [1.29, 1.82) is 0 Å². The van der Waals surface area contributed by atoms with Crippen LogP contribution in [0.5, 0.6) is 0 Å². The molecule has 1 saturated carbocycles. The number of alkyl halides is 3. The number of hydrogen-bond donors (Lipinski definition) is 2. The predicted molar refractivity (Wildman–Crippen MR) is 48.9 cm³/mol. The number of carboxylic acids is 1. The largest absolute Gasteiger partial charge is 0.481 e. The maximum atomic E-state index is 12.2.